The fraction of sp³-hybridized carbons (Fsp3) is 0.765. The van der Waals surface area contributed by atoms with Crippen molar-refractivity contribution >= 4 is 6.66 Å². The van der Waals surface area contributed by atoms with E-state index in [2.05, 4.69) is 79.8 Å². The molecule has 0 amide bonds. The fourth-order valence-corrected chi connectivity index (χ4v) is 12.2. The summed E-state index contributed by atoms with van der Waals surface area (Å²) in [6, 6.07) is 0. The Morgan fingerprint density at radius 1 is 1.20 bits per heavy atom. The molecule has 0 aromatic rings. The second-order valence-electron chi connectivity index (χ2n) is 8.31. The van der Waals surface area contributed by atoms with Crippen molar-refractivity contribution in [3.05, 3.63) is 23.9 Å². The average Bonchev–Trinajstić information content (AvgIpc) is 2.80. The van der Waals surface area contributed by atoms with Gasteiger partial charge in [-0.2, -0.15) is 0 Å². The van der Waals surface area contributed by atoms with E-state index in [9.17, 15) is 0 Å². The van der Waals surface area contributed by atoms with E-state index in [1.165, 1.54) is 6.42 Å². The molecule has 116 valence electrons. The van der Waals surface area contributed by atoms with Gasteiger partial charge in [0.2, 0.25) is 0 Å². The molecule has 1 aliphatic carbocycles. The summed E-state index contributed by atoms with van der Waals surface area (Å²) in [5.74, 6) is 0. The van der Waals surface area contributed by atoms with E-state index in [0.29, 0.717) is 5.41 Å². The van der Waals surface area contributed by atoms with Gasteiger partial charge in [0.25, 0.3) is 0 Å². The molecule has 1 nitrogen and oxygen atoms in total. The van der Waals surface area contributed by atoms with Crippen LogP contribution in [0, 0.1) is 5.41 Å². The van der Waals surface area contributed by atoms with Crippen molar-refractivity contribution in [1.82, 2.24) is 3.38 Å². The third kappa shape index (κ3) is 3.18. The van der Waals surface area contributed by atoms with E-state index >= 15 is 0 Å². The summed E-state index contributed by atoms with van der Waals surface area (Å²) in [5.41, 5.74) is 2.17. The fourth-order valence-electron chi connectivity index (χ4n) is 3.21. The second kappa shape index (κ2) is 6.14. The maximum atomic E-state index is 2.98. The summed E-state index contributed by atoms with van der Waals surface area (Å²) in [6.45, 7) is 16.6. The molecule has 0 aliphatic heterocycles. The van der Waals surface area contributed by atoms with Crippen molar-refractivity contribution in [3.63, 3.8) is 0 Å². The molecule has 1 unspecified atom stereocenters. The Morgan fingerprint density at radius 2 is 1.75 bits per heavy atom. The molecule has 0 aromatic heterocycles. The summed E-state index contributed by atoms with van der Waals surface area (Å²) < 4.78 is 2.98. The van der Waals surface area contributed by atoms with E-state index in [4.69, 9.17) is 0 Å². The maximum absolute atomic E-state index is 2.98. The predicted octanol–water partition coefficient (Wildman–Crippen LogP) is 5.50. The van der Waals surface area contributed by atoms with Crippen LogP contribution in [0.5, 0.6) is 0 Å². The molecule has 0 heterocycles. The van der Waals surface area contributed by atoms with Crippen molar-refractivity contribution < 1.29 is 16.1 Å². The summed E-state index contributed by atoms with van der Waals surface area (Å²) in [4.78, 5) is 0. The molecule has 0 saturated carbocycles. The first-order chi connectivity index (χ1) is 8.98. The van der Waals surface area contributed by atoms with Gasteiger partial charge in [-0.25, -0.2) is 0 Å². The first-order valence-electron chi connectivity index (χ1n) is 8.14. The summed E-state index contributed by atoms with van der Waals surface area (Å²) in [6.07, 6.45) is 9.32. The van der Waals surface area contributed by atoms with Crippen molar-refractivity contribution in [3.8, 4) is 0 Å². The van der Waals surface area contributed by atoms with Gasteiger partial charge >= 0.3 is 132 Å². The topological polar surface area (TPSA) is 3.24 Å². The molecule has 20 heavy (non-hydrogen) atoms. The zero-order chi connectivity index (χ0) is 15.8. The summed E-state index contributed by atoms with van der Waals surface area (Å²) >= 11 is -1.96. The van der Waals surface area contributed by atoms with Gasteiger partial charge in [0.05, 0.1) is 0 Å². The van der Waals surface area contributed by atoms with Gasteiger partial charge in [0.15, 0.2) is 0 Å². The number of nitrogens with zero attached hydrogens (tertiary/aromatic N) is 1. The van der Waals surface area contributed by atoms with Crippen LogP contribution in [-0.4, -0.2) is 15.6 Å². The quantitative estimate of drug-likeness (QED) is 0.602. The van der Waals surface area contributed by atoms with Crippen LogP contribution in [0.1, 0.15) is 47.5 Å². The third-order valence-electron chi connectivity index (χ3n) is 5.83. The molecule has 0 N–H and O–H groups in total. The predicted molar refractivity (Wildman–Crippen MR) is 92.4 cm³/mol. The van der Waals surface area contributed by atoms with E-state index in [1.807, 2.05) is 0 Å². The summed E-state index contributed by atoms with van der Waals surface area (Å²) in [5, 5.41) is 5.30. The Hall–Kier alpha value is 0.211. The van der Waals surface area contributed by atoms with Gasteiger partial charge in [-0.3, -0.25) is 0 Å². The van der Waals surface area contributed by atoms with E-state index in [-0.39, 0.29) is 5.54 Å². The monoisotopic (exact) mass is 329 g/mol. The SMILES string of the molecule is CCC(C)([N](C1=CC=CC1)[Ti]([CH3])([CH3])[SiH](C)C)C(C)(C)C. The van der Waals surface area contributed by atoms with E-state index in [1.54, 1.807) is 5.70 Å². The van der Waals surface area contributed by atoms with E-state index < -0.39 is 22.8 Å². The van der Waals surface area contributed by atoms with Crippen LogP contribution in [0.15, 0.2) is 23.9 Å². The van der Waals surface area contributed by atoms with Crippen molar-refractivity contribution in [2.45, 2.75) is 76.6 Å². The first-order valence-corrected chi connectivity index (χ1v) is 17.6. The molecule has 0 aromatic carbocycles. The number of hydrogen-bond acceptors (Lipinski definition) is 1. The Bertz CT molecular complexity index is 404. The molecule has 0 fully saturated rings. The average molecular weight is 329 g/mol. The van der Waals surface area contributed by atoms with Crippen LogP contribution >= 0.6 is 0 Å². The number of hydrogen-bond donors (Lipinski definition) is 0. The number of rotatable bonds is 5. The summed E-state index contributed by atoms with van der Waals surface area (Å²) in [7, 11) is 0. The minimum absolute atomic E-state index is 0.269. The second-order valence-corrected chi connectivity index (χ2v) is 27.7. The molecule has 0 saturated heterocycles. The van der Waals surface area contributed by atoms with Gasteiger partial charge in [0.1, 0.15) is 0 Å². The molecule has 0 radical (unpaired) electrons. The van der Waals surface area contributed by atoms with Crippen LogP contribution < -0.4 is 0 Å². The molecule has 0 bridgehead atoms. The van der Waals surface area contributed by atoms with Crippen molar-refractivity contribution in [1.29, 1.82) is 0 Å². The van der Waals surface area contributed by atoms with Gasteiger partial charge in [-0.05, 0) is 0 Å². The normalized spacial score (nSPS) is 19.2. The Balaban J connectivity index is 3.38. The van der Waals surface area contributed by atoms with Crippen LogP contribution in [0.25, 0.3) is 0 Å². The van der Waals surface area contributed by atoms with Crippen LogP contribution in [0.2, 0.25) is 23.6 Å². The van der Waals surface area contributed by atoms with E-state index in [0.717, 1.165) is 6.42 Å². The zero-order valence-electron chi connectivity index (χ0n) is 15.2. The van der Waals surface area contributed by atoms with Crippen molar-refractivity contribution in [2.75, 3.05) is 0 Å². The molecule has 1 aliphatic rings. The third-order valence-corrected chi connectivity index (χ3v) is 26.0. The van der Waals surface area contributed by atoms with Crippen LogP contribution in [0.4, 0.5) is 0 Å². The van der Waals surface area contributed by atoms with Gasteiger partial charge in [-0.1, -0.05) is 0 Å². The van der Waals surface area contributed by atoms with Crippen LogP contribution in [-0.2, 0) is 16.1 Å². The van der Waals surface area contributed by atoms with Gasteiger partial charge in [-0.15, -0.1) is 0 Å². The molecular weight excluding hydrogens is 294 g/mol. The van der Waals surface area contributed by atoms with Crippen molar-refractivity contribution in [2.24, 2.45) is 5.41 Å². The Morgan fingerprint density at radius 3 is 2.05 bits per heavy atom. The van der Waals surface area contributed by atoms with Gasteiger partial charge in [0, 0.05) is 0 Å². The Labute approximate surface area is 132 Å². The number of allylic oxidation sites excluding steroid dienone is 3. The van der Waals surface area contributed by atoms with Crippen LogP contribution in [0.3, 0.4) is 0 Å². The Kier molecular flexibility index (Phi) is 5.61. The first kappa shape index (κ1) is 18.3. The molecule has 1 rings (SSSR count). The standard InChI is InChI=1S/C13H22N.C2H7Si.2CH3.Ti/c1-6-13(5,12(2,3)4)14-11-9-7-8-10-11;1-3-2;;;/h7-9H,6,10H2,1-5H3;3H,1-2H3;2*1H3;/q-1;;;;+1. The molecule has 1 atom stereocenters. The molecule has 3 heteroatoms. The van der Waals surface area contributed by atoms with Gasteiger partial charge < -0.3 is 0 Å². The molecule has 0 spiro atoms. The zero-order valence-corrected chi connectivity index (χ0v) is 17.9. The molecular formula is C17H35NSiTi. The minimum atomic E-state index is -1.96.